The van der Waals surface area contributed by atoms with Crippen LogP contribution in [0.1, 0.15) is 18.3 Å². The van der Waals surface area contributed by atoms with Crippen LogP contribution >= 0.6 is 28.1 Å². The van der Waals surface area contributed by atoms with Gasteiger partial charge in [-0.05, 0) is 28.1 Å². The van der Waals surface area contributed by atoms with Gasteiger partial charge in [0.15, 0.2) is 5.82 Å². The van der Waals surface area contributed by atoms with E-state index in [9.17, 15) is 4.39 Å². The summed E-state index contributed by atoms with van der Waals surface area (Å²) in [6, 6.07) is 3.35. The second kappa shape index (κ2) is 5.16. The number of nitrogens with zero attached hydrogens (tertiary/aromatic N) is 2. The highest BCUT2D eigenvalue weighted by atomic mass is 79.9. The van der Waals surface area contributed by atoms with Crippen LogP contribution in [0.3, 0.4) is 0 Å². The van der Waals surface area contributed by atoms with E-state index in [1.165, 1.54) is 0 Å². The molecule has 0 atom stereocenters. The first-order valence-electron chi connectivity index (χ1n) is 5.36. The largest absolute Gasteiger partial charge is 0.389 e. The van der Waals surface area contributed by atoms with Gasteiger partial charge in [0.05, 0.1) is 10.2 Å². The van der Waals surface area contributed by atoms with Gasteiger partial charge in [-0.15, -0.1) is 0 Å². The van der Waals surface area contributed by atoms with Crippen molar-refractivity contribution in [2.45, 2.75) is 13.3 Å². The Hall–Kier alpha value is -1.27. The molecule has 0 amide bonds. The summed E-state index contributed by atoms with van der Waals surface area (Å²) in [4.78, 5) is 4.33. The van der Waals surface area contributed by atoms with E-state index < -0.39 is 5.82 Å². The van der Waals surface area contributed by atoms with Crippen LogP contribution in [0.25, 0.3) is 5.69 Å². The summed E-state index contributed by atoms with van der Waals surface area (Å²) >= 11 is 8.05. The zero-order valence-corrected chi connectivity index (χ0v) is 12.1. The number of aromatic nitrogens is 2. The normalized spacial score (nSPS) is 10.6. The Balaban J connectivity index is 2.61. The first-order valence-corrected chi connectivity index (χ1v) is 6.56. The maximum atomic E-state index is 14.3. The summed E-state index contributed by atoms with van der Waals surface area (Å²) in [5.41, 5.74) is 6.44. The summed E-state index contributed by atoms with van der Waals surface area (Å²) in [5.74, 6) is 0.400. The van der Waals surface area contributed by atoms with Gasteiger partial charge < -0.3 is 10.3 Å². The monoisotopic (exact) mass is 327 g/mol. The molecule has 1 aromatic heterocycles. The molecule has 18 heavy (non-hydrogen) atoms. The molecular formula is C12H11BrFN3S. The fourth-order valence-corrected chi connectivity index (χ4v) is 2.58. The molecule has 1 heterocycles. The van der Waals surface area contributed by atoms with Crippen molar-refractivity contribution in [1.29, 1.82) is 0 Å². The number of aryl methyl sites for hydroxylation is 1. The van der Waals surface area contributed by atoms with E-state index in [1.807, 2.05) is 6.92 Å². The molecule has 2 N–H and O–H groups in total. The fraction of sp³-hybridized carbons (Fsp3) is 0.167. The Morgan fingerprint density at radius 1 is 1.56 bits per heavy atom. The summed E-state index contributed by atoms with van der Waals surface area (Å²) in [6.07, 6.45) is 4.10. The number of benzene rings is 1. The molecule has 2 aromatic rings. The Morgan fingerprint density at radius 2 is 2.28 bits per heavy atom. The highest BCUT2D eigenvalue weighted by Crippen LogP contribution is 2.26. The molecule has 94 valence electrons. The zero-order chi connectivity index (χ0) is 13.3. The van der Waals surface area contributed by atoms with Crippen molar-refractivity contribution in [2.24, 2.45) is 5.73 Å². The van der Waals surface area contributed by atoms with Gasteiger partial charge in [-0.25, -0.2) is 9.37 Å². The van der Waals surface area contributed by atoms with Crippen molar-refractivity contribution in [3.8, 4) is 5.69 Å². The Labute approximate surface area is 118 Å². The highest BCUT2D eigenvalue weighted by Gasteiger charge is 2.15. The Bertz CT molecular complexity index is 609. The van der Waals surface area contributed by atoms with E-state index in [0.717, 1.165) is 12.2 Å². The molecule has 0 saturated carbocycles. The van der Waals surface area contributed by atoms with Crippen LogP contribution in [0.15, 0.2) is 29.0 Å². The van der Waals surface area contributed by atoms with Gasteiger partial charge in [0.1, 0.15) is 10.8 Å². The number of hydrogen-bond acceptors (Lipinski definition) is 2. The van der Waals surface area contributed by atoms with Crippen LogP contribution in [0.2, 0.25) is 0 Å². The van der Waals surface area contributed by atoms with Gasteiger partial charge in [-0.1, -0.05) is 19.1 Å². The smallest absolute Gasteiger partial charge is 0.162 e. The summed E-state index contributed by atoms with van der Waals surface area (Å²) in [7, 11) is 0. The van der Waals surface area contributed by atoms with Crippen LogP contribution in [0.5, 0.6) is 0 Å². The van der Waals surface area contributed by atoms with Crippen LogP contribution in [0, 0.1) is 5.82 Å². The van der Waals surface area contributed by atoms with E-state index in [0.29, 0.717) is 11.3 Å². The van der Waals surface area contributed by atoms with Crippen molar-refractivity contribution >= 4 is 33.1 Å². The van der Waals surface area contributed by atoms with Crippen molar-refractivity contribution in [3.63, 3.8) is 0 Å². The lowest BCUT2D eigenvalue weighted by molar-refractivity contribution is 0.608. The van der Waals surface area contributed by atoms with Gasteiger partial charge in [0.25, 0.3) is 0 Å². The lowest BCUT2D eigenvalue weighted by Gasteiger charge is -2.11. The standard InChI is InChI=1S/C12H11BrFN3S/c1-2-9-16-5-6-17(9)8-4-3-7(12(15)18)10(13)11(8)14/h3-6H,2H2,1H3,(H2,15,18). The molecule has 0 radical (unpaired) electrons. The van der Waals surface area contributed by atoms with Gasteiger partial charge in [-0.3, -0.25) is 0 Å². The first-order chi connectivity index (χ1) is 8.56. The second-order valence-corrected chi connectivity index (χ2v) is 4.92. The molecule has 0 fully saturated rings. The molecule has 3 nitrogen and oxygen atoms in total. The molecule has 6 heteroatoms. The fourth-order valence-electron chi connectivity index (χ4n) is 1.73. The molecular weight excluding hydrogens is 317 g/mol. The molecule has 0 aliphatic carbocycles. The maximum Gasteiger partial charge on any atom is 0.162 e. The molecule has 1 aromatic carbocycles. The number of thiocarbonyl (C=S) groups is 1. The zero-order valence-electron chi connectivity index (χ0n) is 9.65. The van der Waals surface area contributed by atoms with Crippen LogP contribution < -0.4 is 5.73 Å². The van der Waals surface area contributed by atoms with E-state index in [-0.39, 0.29) is 9.46 Å². The van der Waals surface area contributed by atoms with Gasteiger partial charge in [-0.2, -0.15) is 0 Å². The van der Waals surface area contributed by atoms with E-state index in [1.54, 1.807) is 29.1 Å². The average molecular weight is 328 g/mol. The minimum atomic E-state index is -0.395. The third-order valence-corrected chi connectivity index (χ3v) is 3.62. The van der Waals surface area contributed by atoms with Gasteiger partial charge in [0, 0.05) is 24.4 Å². The third kappa shape index (κ3) is 2.18. The first kappa shape index (κ1) is 13.2. The number of nitrogens with two attached hydrogens (primary N) is 1. The summed E-state index contributed by atoms with van der Waals surface area (Å²) in [6.45, 7) is 1.97. The predicted molar refractivity (Wildman–Crippen MR) is 76.5 cm³/mol. The van der Waals surface area contributed by atoms with Crippen molar-refractivity contribution in [1.82, 2.24) is 9.55 Å². The van der Waals surface area contributed by atoms with Gasteiger partial charge in [0.2, 0.25) is 0 Å². The SMILES string of the molecule is CCc1nccn1-c1ccc(C(N)=S)c(Br)c1F. The number of imidazole rings is 1. The minimum absolute atomic E-state index is 0.161. The lowest BCUT2D eigenvalue weighted by Crippen LogP contribution is -2.12. The number of halogens is 2. The van der Waals surface area contributed by atoms with E-state index in [4.69, 9.17) is 18.0 Å². The molecule has 0 aliphatic rings. The molecule has 0 spiro atoms. The second-order valence-electron chi connectivity index (χ2n) is 3.69. The topological polar surface area (TPSA) is 43.8 Å². The molecule has 0 aliphatic heterocycles. The number of hydrogen-bond donors (Lipinski definition) is 1. The predicted octanol–water partition coefficient (Wildman–Crippen LogP) is 2.97. The van der Waals surface area contributed by atoms with Crippen LogP contribution in [-0.4, -0.2) is 14.5 Å². The molecule has 2 rings (SSSR count). The molecule has 0 unspecified atom stereocenters. The quantitative estimate of drug-likeness (QED) is 0.881. The lowest BCUT2D eigenvalue weighted by atomic mass is 10.2. The molecule has 0 saturated heterocycles. The minimum Gasteiger partial charge on any atom is -0.389 e. The Kier molecular flexibility index (Phi) is 3.77. The number of rotatable bonds is 3. The van der Waals surface area contributed by atoms with E-state index in [2.05, 4.69) is 20.9 Å². The van der Waals surface area contributed by atoms with E-state index >= 15 is 0 Å². The summed E-state index contributed by atoms with van der Waals surface area (Å²) < 4.78 is 16.3. The van der Waals surface area contributed by atoms with Crippen molar-refractivity contribution in [3.05, 3.63) is 46.2 Å². The van der Waals surface area contributed by atoms with Gasteiger partial charge >= 0.3 is 0 Å². The van der Waals surface area contributed by atoms with Crippen molar-refractivity contribution < 1.29 is 4.39 Å². The summed E-state index contributed by atoms with van der Waals surface area (Å²) in [5, 5.41) is 0. The van der Waals surface area contributed by atoms with Crippen LogP contribution in [-0.2, 0) is 6.42 Å². The average Bonchev–Trinajstić information content (AvgIpc) is 2.80. The highest BCUT2D eigenvalue weighted by molar-refractivity contribution is 9.10. The van der Waals surface area contributed by atoms with Crippen molar-refractivity contribution in [2.75, 3.05) is 0 Å². The maximum absolute atomic E-state index is 14.3. The molecule has 0 bridgehead atoms. The van der Waals surface area contributed by atoms with Crippen LogP contribution in [0.4, 0.5) is 4.39 Å². The third-order valence-electron chi connectivity index (χ3n) is 2.62. The Morgan fingerprint density at radius 3 is 2.89 bits per heavy atom.